The van der Waals surface area contributed by atoms with Crippen LogP contribution >= 0.6 is 23.5 Å². The Kier molecular flexibility index (Phi) is 13.6. The minimum absolute atomic E-state index is 0.161. The fourth-order valence-corrected chi connectivity index (χ4v) is 20.5. The molecule has 2 N–H and O–H groups in total. The molecule has 2 heterocycles. The van der Waals surface area contributed by atoms with Crippen molar-refractivity contribution in [3.8, 4) is 0 Å². The van der Waals surface area contributed by atoms with Gasteiger partial charge in [-0.1, -0.05) is 27.7 Å². The summed E-state index contributed by atoms with van der Waals surface area (Å²) >= 11 is 4.22. The van der Waals surface area contributed by atoms with Gasteiger partial charge in [0.1, 0.15) is 13.2 Å². The van der Waals surface area contributed by atoms with E-state index in [2.05, 4.69) is 51.2 Å². The number of ether oxygens (including phenoxy) is 5. The number of esters is 2. The molecule has 8 fully saturated rings. The average Bonchev–Trinajstić information content (AvgIpc) is 4.05. The van der Waals surface area contributed by atoms with Crippen molar-refractivity contribution in [3.05, 3.63) is 23.3 Å². The van der Waals surface area contributed by atoms with E-state index in [4.69, 9.17) is 23.7 Å². The summed E-state index contributed by atoms with van der Waals surface area (Å²) in [5, 5.41) is 26.5. The molecular weight excluding hydrogens is 857 g/mol. The molecule has 11 heteroatoms. The van der Waals surface area contributed by atoms with E-state index in [0.717, 1.165) is 99.1 Å². The number of hydrogen-bond donors (Lipinski definition) is 2. The van der Waals surface area contributed by atoms with Crippen LogP contribution in [0, 0.1) is 69.0 Å². The highest BCUT2D eigenvalue weighted by atomic mass is 32.2. The number of hydrogen-bond acceptors (Lipinski definition) is 11. The zero-order valence-corrected chi connectivity index (χ0v) is 41.9. The standard InChI is InChI=1S/C54H82O9S2/c1-49-15-9-39(31-37(49)5-7-45-43(49)11-17-51(3)41(13-19-53(45,51)57)35-29-47(55)62-33-35)64-27-25-60-23-21-59-22-24-61-26-28-65-40-10-16-50(2)38(32-40)6-8-46-44(50)12-18-52(4)42(14-20-54(46,52)58)36-30-48(56)63-34-36/h29-30,37-46,57-58H,5-28,31-34H2,1-4H3/t37-,38-,39+,40+,41-,42-,43+,44+,45-,46-,49+,50+,51-,52-,53+,54+/m1/s1. The molecule has 10 rings (SSSR count). The first-order chi connectivity index (χ1) is 31.2. The van der Waals surface area contributed by atoms with Crippen molar-refractivity contribution in [2.24, 2.45) is 69.0 Å². The molecule has 8 saturated carbocycles. The Morgan fingerprint density at radius 1 is 0.523 bits per heavy atom. The van der Waals surface area contributed by atoms with Crippen LogP contribution in [0.3, 0.4) is 0 Å². The molecule has 2 aliphatic heterocycles. The van der Waals surface area contributed by atoms with E-state index in [1.807, 2.05) is 0 Å². The van der Waals surface area contributed by atoms with Gasteiger partial charge in [-0.2, -0.15) is 23.5 Å². The van der Waals surface area contributed by atoms with E-state index in [1.54, 1.807) is 12.2 Å². The maximum Gasteiger partial charge on any atom is 0.331 e. The van der Waals surface area contributed by atoms with Gasteiger partial charge in [0.05, 0.1) is 50.8 Å². The molecule has 0 spiro atoms. The summed E-state index contributed by atoms with van der Waals surface area (Å²) in [6.45, 7) is 14.7. The number of carbonyl (C=O) groups excluding carboxylic acids is 2. The quantitative estimate of drug-likeness (QED) is 0.114. The Hall–Kier alpha value is -1.08. The minimum atomic E-state index is -0.636. The third-order valence-electron chi connectivity index (χ3n) is 21.8. The van der Waals surface area contributed by atoms with Crippen molar-refractivity contribution in [3.63, 3.8) is 0 Å². The Morgan fingerprint density at radius 2 is 0.938 bits per heavy atom. The van der Waals surface area contributed by atoms with E-state index in [1.165, 1.54) is 64.2 Å². The first-order valence-electron chi connectivity index (χ1n) is 26.4. The van der Waals surface area contributed by atoms with Gasteiger partial charge in [0.25, 0.3) is 0 Å². The highest BCUT2D eigenvalue weighted by molar-refractivity contribution is 8.00. The van der Waals surface area contributed by atoms with Crippen LogP contribution in [0.15, 0.2) is 23.3 Å². The molecule has 8 aliphatic carbocycles. The lowest BCUT2D eigenvalue weighted by molar-refractivity contribution is -0.203. The van der Waals surface area contributed by atoms with Crippen LogP contribution in [-0.4, -0.2) is 108 Å². The van der Waals surface area contributed by atoms with Crippen LogP contribution in [0.25, 0.3) is 0 Å². The van der Waals surface area contributed by atoms with Gasteiger partial charge < -0.3 is 33.9 Å². The fraction of sp³-hybridized carbons (Fsp3) is 0.889. The SMILES string of the molecule is C[C@]12CC[C@H](SCCOCCOCCOCCS[C@H]3CC[C@@]4(C)[C@H](CC[C@@H]5[C@@H]4CC[C@]4(C)[C@@H](C6=CC(=O)OC6)CC[C@]54O)C3)C[C@H]1CC[C@@H]1[C@@H]2CC[C@]2(C)[C@@H](C3=CC(=O)OC3)CC[C@]12O. The highest BCUT2D eigenvalue weighted by Gasteiger charge is 2.69. The summed E-state index contributed by atoms with van der Waals surface area (Å²) in [6, 6.07) is 0. The van der Waals surface area contributed by atoms with Crippen LogP contribution in [0.4, 0.5) is 0 Å². The lowest BCUT2D eigenvalue weighted by atomic mass is 9.43. The molecule has 0 unspecified atom stereocenters. The first kappa shape index (κ1) is 47.6. The summed E-state index contributed by atoms with van der Waals surface area (Å²) in [6.07, 6.45) is 24.0. The molecule has 10 aliphatic rings. The van der Waals surface area contributed by atoms with Crippen molar-refractivity contribution >= 4 is 35.5 Å². The van der Waals surface area contributed by atoms with E-state index in [0.29, 0.717) is 84.6 Å². The van der Waals surface area contributed by atoms with Gasteiger partial charge in [0, 0.05) is 45.0 Å². The van der Waals surface area contributed by atoms with Crippen LogP contribution in [0.2, 0.25) is 0 Å². The maximum atomic E-state index is 12.5. The number of cyclic esters (lactones) is 2. The smallest absolute Gasteiger partial charge is 0.331 e. The molecule has 0 amide bonds. The summed E-state index contributed by atoms with van der Waals surface area (Å²) in [5.41, 5.74) is 1.28. The van der Waals surface area contributed by atoms with Crippen LogP contribution in [0.1, 0.15) is 143 Å². The summed E-state index contributed by atoms with van der Waals surface area (Å²) in [7, 11) is 0. The van der Waals surface area contributed by atoms with Crippen molar-refractivity contribution in [1.29, 1.82) is 0 Å². The maximum absolute atomic E-state index is 12.5. The third kappa shape index (κ3) is 8.18. The first-order valence-corrected chi connectivity index (χ1v) is 28.5. The Bertz CT molecular complexity index is 1710. The largest absolute Gasteiger partial charge is 0.458 e. The summed E-state index contributed by atoms with van der Waals surface area (Å²) < 4.78 is 28.5. The van der Waals surface area contributed by atoms with Crippen molar-refractivity contribution in [2.75, 3.05) is 64.4 Å². The van der Waals surface area contributed by atoms with E-state index in [9.17, 15) is 19.8 Å². The van der Waals surface area contributed by atoms with Gasteiger partial charge in [-0.15, -0.1) is 0 Å². The second-order valence-electron chi connectivity index (χ2n) is 24.0. The second kappa shape index (κ2) is 18.6. The number of carbonyl (C=O) groups is 2. The fourth-order valence-electron chi connectivity index (χ4n) is 18.1. The minimum Gasteiger partial charge on any atom is -0.458 e. The molecular formula is C54H82O9S2. The molecule has 0 aromatic carbocycles. The van der Waals surface area contributed by atoms with Gasteiger partial charge in [0.15, 0.2) is 0 Å². The van der Waals surface area contributed by atoms with Gasteiger partial charge in [-0.05, 0) is 185 Å². The molecule has 9 nitrogen and oxygen atoms in total. The molecule has 0 bridgehead atoms. The van der Waals surface area contributed by atoms with E-state index >= 15 is 0 Å². The third-order valence-corrected chi connectivity index (χ3v) is 24.4. The Labute approximate surface area is 398 Å². The highest BCUT2D eigenvalue weighted by Crippen LogP contribution is 2.72. The topological polar surface area (TPSA) is 121 Å². The normalized spacial score (nSPS) is 47.7. The van der Waals surface area contributed by atoms with E-state index < -0.39 is 11.2 Å². The molecule has 364 valence electrons. The molecule has 0 saturated heterocycles. The summed E-state index contributed by atoms with van der Waals surface area (Å²) in [5.74, 6) is 5.59. The van der Waals surface area contributed by atoms with Gasteiger partial charge in [0.2, 0.25) is 0 Å². The lowest BCUT2D eigenvalue weighted by Gasteiger charge is -2.64. The zero-order valence-electron chi connectivity index (χ0n) is 40.3. The predicted octanol–water partition coefficient (Wildman–Crippen LogP) is 9.75. The zero-order chi connectivity index (χ0) is 45.2. The number of thioether (sulfide) groups is 2. The van der Waals surface area contributed by atoms with Crippen LogP contribution in [-0.2, 0) is 33.3 Å². The average molecular weight is 939 g/mol. The molecule has 0 radical (unpaired) electrons. The van der Waals surface area contributed by atoms with Crippen molar-refractivity contribution in [1.82, 2.24) is 0 Å². The van der Waals surface area contributed by atoms with Crippen LogP contribution < -0.4 is 0 Å². The van der Waals surface area contributed by atoms with Crippen LogP contribution in [0.5, 0.6) is 0 Å². The number of aliphatic hydroxyl groups is 2. The van der Waals surface area contributed by atoms with Gasteiger partial charge in [-0.3, -0.25) is 0 Å². The Morgan fingerprint density at radius 3 is 1.34 bits per heavy atom. The monoisotopic (exact) mass is 939 g/mol. The molecule has 0 aromatic heterocycles. The van der Waals surface area contributed by atoms with Gasteiger partial charge in [-0.25, -0.2) is 9.59 Å². The molecule has 65 heavy (non-hydrogen) atoms. The summed E-state index contributed by atoms with van der Waals surface area (Å²) in [4.78, 5) is 23.9. The van der Waals surface area contributed by atoms with Gasteiger partial charge >= 0.3 is 11.9 Å². The van der Waals surface area contributed by atoms with Crippen molar-refractivity contribution < 1.29 is 43.5 Å². The number of fused-ring (bicyclic) bond motifs is 10. The number of rotatable bonds is 16. The predicted molar refractivity (Wildman–Crippen MR) is 256 cm³/mol. The lowest BCUT2D eigenvalue weighted by Crippen LogP contribution is -2.62. The van der Waals surface area contributed by atoms with E-state index in [-0.39, 0.29) is 34.6 Å². The Balaban J connectivity index is 0.568. The van der Waals surface area contributed by atoms with Crippen molar-refractivity contribution in [2.45, 2.75) is 165 Å². The molecule has 0 aromatic rings. The molecule has 16 atom stereocenters. The second-order valence-corrected chi connectivity index (χ2v) is 26.8.